The Bertz CT molecular complexity index is 380. The van der Waals surface area contributed by atoms with Gasteiger partial charge < -0.3 is 10.4 Å². The lowest BCUT2D eigenvalue weighted by atomic mass is 9.98. The first-order valence-electron chi connectivity index (χ1n) is 6.54. The predicted octanol–water partition coefficient (Wildman–Crippen LogP) is 1.38. The SMILES string of the molecule is CC(C)(C)c1nc(C(CO)N2CCNCC2)cs1. The molecule has 1 aliphatic rings. The largest absolute Gasteiger partial charge is 0.394 e. The van der Waals surface area contributed by atoms with E-state index >= 15 is 0 Å². The van der Waals surface area contributed by atoms with Crippen LogP contribution in [0.25, 0.3) is 0 Å². The van der Waals surface area contributed by atoms with E-state index in [-0.39, 0.29) is 18.1 Å². The first-order chi connectivity index (χ1) is 8.52. The molecule has 0 saturated carbocycles. The molecule has 0 aromatic carbocycles. The van der Waals surface area contributed by atoms with E-state index in [1.54, 1.807) is 11.3 Å². The molecule has 0 aliphatic carbocycles. The van der Waals surface area contributed by atoms with Crippen molar-refractivity contribution in [1.29, 1.82) is 0 Å². The van der Waals surface area contributed by atoms with Crippen molar-refractivity contribution in [3.8, 4) is 0 Å². The number of aliphatic hydroxyl groups is 1. The summed E-state index contributed by atoms with van der Waals surface area (Å²) in [6.07, 6.45) is 0. The number of nitrogens with zero attached hydrogens (tertiary/aromatic N) is 2. The summed E-state index contributed by atoms with van der Waals surface area (Å²) in [5.74, 6) is 0. The molecule has 2 rings (SSSR count). The van der Waals surface area contributed by atoms with Crippen LogP contribution < -0.4 is 5.32 Å². The van der Waals surface area contributed by atoms with Crippen LogP contribution in [0.5, 0.6) is 0 Å². The van der Waals surface area contributed by atoms with E-state index in [2.05, 4.69) is 36.4 Å². The molecule has 4 nitrogen and oxygen atoms in total. The summed E-state index contributed by atoms with van der Waals surface area (Å²) >= 11 is 1.70. The summed E-state index contributed by atoms with van der Waals surface area (Å²) in [7, 11) is 0. The van der Waals surface area contributed by atoms with E-state index in [1.165, 1.54) is 0 Å². The van der Waals surface area contributed by atoms with Crippen LogP contribution in [0.3, 0.4) is 0 Å². The van der Waals surface area contributed by atoms with Gasteiger partial charge in [-0.2, -0.15) is 0 Å². The van der Waals surface area contributed by atoms with Gasteiger partial charge in [-0.3, -0.25) is 4.90 Å². The van der Waals surface area contributed by atoms with Crippen molar-refractivity contribution in [2.24, 2.45) is 0 Å². The Morgan fingerprint density at radius 3 is 2.61 bits per heavy atom. The lowest BCUT2D eigenvalue weighted by Gasteiger charge is -2.33. The number of nitrogens with one attached hydrogen (secondary N) is 1. The Hall–Kier alpha value is -0.490. The maximum absolute atomic E-state index is 9.65. The minimum atomic E-state index is 0.0550. The Morgan fingerprint density at radius 2 is 2.11 bits per heavy atom. The van der Waals surface area contributed by atoms with Crippen molar-refractivity contribution in [2.45, 2.75) is 32.2 Å². The minimum absolute atomic E-state index is 0.0550. The minimum Gasteiger partial charge on any atom is -0.394 e. The summed E-state index contributed by atoms with van der Waals surface area (Å²) < 4.78 is 0. The van der Waals surface area contributed by atoms with E-state index in [0.29, 0.717) is 0 Å². The molecule has 1 aliphatic heterocycles. The molecule has 1 saturated heterocycles. The first kappa shape index (κ1) is 13.9. The number of aromatic nitrogens is 1. The smallest absolute Gasteiger partial charge is 0.0982 e. The molecule has 2 N–H and O–H groups in total. The van der Waals surface area contributed by atoms with Gasteiger partial charge in [-0.25, -0.2) is 4.98 Å². The van der Waals surface area contributed by atoms with Crippen LogP contribution in [0, 0.1) is 0 Å². The van der Waals surface area contributed by atoms with E-state index in [1.807, 2.05) is 0 Å². The molecule has 1 unspecified atom stereocenters. The monoisotopic (exact) mass is 269 g/mol. The number of hydrogen-bond acceptors (Lipinski definition) is 5. The highest BCUT2D eigenvalue weighted by atomic mass is 32.1. The zero-order chi connectivity index (χ0) is 13.2. The second-order valence-electron chi connectivity index (χ2n) is 5.81. The van der Waals surface area contributed by atoms with Crippen molar-refractivity contribution in [2.75, 3.05) is 32.8 Å². The second-order valence-corrected chi connectivity index (χ2v) is 6.67. The topological polar surface area (TPSA) is 48.4 Å². The average molecular weight is 269 g/mol. The van der Waals surface area contributed by atoms with Crippen LogP contribution in [0.4, 0.5) is 0 Å². The number of piperazine rings is 1. The molecule has 2 heterocycles. The molecule has 1 aromatic rings. The van der Waals surface area contributed by atoms with Crippen LogP contribution >= 0.6 is 11.3 Å². The van der Waals surface area contributed by atoms with Crippen molar-refractivity contribution >= 4 is 11.3 Å². The third-order valence-electron chi connectivity index (χ3n) is 3.27. The number of aliphatic hydroxyl groups excluding tert-OH is 1. The fraction of sp³-hybridized carbons (Fsp3) is 0.769. The van der Waals surface area contributed by atoms with Crippen LogP contribution in [0.1, 0.15) is 37.5 Å². The highest BCUT2D eigenvalue weighted by Gasteiger charge is 2.26. The summed E-state index contributed by atoms with van der Waals surface area (Å²) in [6.45, 7) is 10.6. The van der Waals surface area contributed by atoms with Gasteiger partial charge in [0.15, 0.2) is 0 Å². The molecule has 0 amide bonds. The molecule has 18 heavy (non-hydrogen) atoms. The molecule has 0 bridgehead atoms. The summed E-state index contributed by atoms with van der Waals surface area (Å²) in [4.78, 5) is 7.04. The first-order valence-corrected chi connectivity index (χ1v) is 7.42. The number of hydrogen-bond donors (Lipinski definition) is 2. The fourth-order valence-electron chi connectivity index (χ4n) is 2.17. The predicted molar refractivity (Wildman–Crippen MR) is 75.1 cm³/mol. The van der Waals surface area contributed by atoms with Crippen molar-refractivity contribution in [3.05, 3.63) is 16.1 Å². The van der Waals surface area contributed by atoms with Crippen molar-refractivity contribution in [1.82, 2.24) is 15.2 Å². The van der Waals surface area contributed by atoms with Crippen molar-refractivity contribution in [3.63, 3.8) is 0 Å². The third-order valence-corrected chi connectivity index (χ3v) is 4.56. The second kappa shape index (κ2) is 5.65. The zero-order valence-electron chi connectivity index (χ0n) is 11.4. The molecule has 1 fully saturated rings. The molecule has 1 aromatic heterocycles. The van der Waals surface area contributed by atoms with Gasteiger partial charge in [-0.1, -0.05) is 20.8 Å². The molecule has 102 valence electrons. The molecule has 0 spiro atoms. The normalized spacial score (nSPS) is 20.0. The molecular weight excluding hydrogens is 246 g/mol. The summed E-state index contributed by atoms with van der Waals surface area (Å²) in [5, 5.41) is 16.2. The van der Waals surface area contributed by atoms with E-state index in [4.69, 9.17) is 4.98 Å². The van der Waals surface area contributed by atoms with Gasteiger partial charge in [-0.05, 0) is 0 Å². The van der Waals surface area contributed by atoms with Crippen LogP contribution in [0.15, 0.2) is 5.38 Å². The lowest BCUT2D eigenvalue weighted by Crippen LogP contribution is -2.46. The Balaban J connectivity index is 2.14. The maximum atomic E-state index is 9.65. The van der Waals surface area contributed by atoms with Gasteiger partial charge in [0.25, 0.3) is 0 Å². The van der Waals surface area contributed by atoms with Gasteiger partial charge in [0, 0.05) is 37.0 Å². The van der Waals surface area contributed by atoms with Gasteiger partial charge in [0.1, 0.15) is 0 Å². The molecule has 1 atom stereocenters. The Labute approximate surface area is 113 Å². The van der Waals surface area contributed by atoms with E-state index in [0.717, 1.165) is 36.9 Å². The molecule has 5 heteroatoms. The highest BCUT2D eigenvalue weighted by molar-refractivity contribution is 7.09. The van der Waals surface area contributed by atoms with Crippen LogP contribution in [-0.4, -0.2) is 47.8 Å². The quantitative estimate of drug-likeness (QED) is 0.870. The summed E-state index contributed by atoms with van der Waals surface area (Å²) in [5.41, 5.74) is 1.11. The molecular formula is C13H23N3OS. The van der Waals surface area contributed by atoms with Gasteiger partial charge in [0.2, 0.25) is 0 Å². The van der Waals surface area contributed by atoms with E-state index < -0.39 is 0 Å². The molecule has 0 radical (unpaired) electrons. The fourth-order valence-corrected chi connectivity index (χ4v) is 3.13. The Morgan fingerprint density at radius 1 is 1.44 bits per heavy atom. The maximum Gasteiger partial charge on any atom is 0.0982 e. The van der Waals surface area contributed by atoms with Gasteiger partial charge >= 0.3 is 0 Å². The third kappa shape index (κ3) is 3.09. The summed E-state index contributed by atoms with van der Waals surface area (Å²) in [6, 6.07) is 0.0550. The van der Waals surface area contributed by atoms with E-state index in [9.17, 15) is 5.11 Å². The number of thiazole rings is 1. The average Bonchev–Trinajstić information content (AvgIpc) is 2.81. The van der Waals surface area contributed by atoms with Crippen molar-refractivity contribution < 1.29 is 5.11 Å². The zero-order valence-corrected chi connectivity index (χ0v) is 12.3. The van der Waals surface area contributed by atoms with Crippen LogP contribution in [-0.2, 0) is 5.41 Å². The lowest BCUT2D eigenvalue weighted by molar-refractivity contribution is 0.108. The Kier molecular flexibility index (Phi) is 4.37. The number of rotatable bonds is 3. The van der Waals surface area contributed by atoms with Gasteiger partial charge in [0.05, 0.1) is 23.4 Å². The van der Waals surface area contributed by atoms with Gasteiger partial charge in [-0.15, -0.1) is 11.3 Å². The van der Waals surface area contributed by atoms with Crippen LogP contribution in [0.2, 0.25) is 0 Å². The highest BCUT2D eigenvalue weighted by Crippen LogP contribution is 2.29. The standard InChI is InChI=1S/C13H23N3OS/c1-13(2,3)12-15-10(9-18-12)11(8-17)16-6-4-14-5-7-16/h9,11,14,17H,4-8H2,1-3H3.